The quantitative estimate of drug-likeness (QED) is 0.465. The SMILES string of the molecule is CN1CCc2nc(C(=O)N[C@@H]3CC(O)CC3NC(=O)c3cc4cc(Cl)ccc4[nH]3)sc2C1. The van der Waals surface area contributed by atoms with Gasteiger partial charge in [0.05, 0.1) is 23.9 Å². The Bertz CT molecular complexity index is 1190. The number of aromatic nitrogens is 2. The Morgan fingerprint density at radius 1 is 1.22 bits per heavy atom. The van der Waals surface area contributed by atoms with E-state index in [1.165, 1.54) is 11.3 Å². The molecular formula is C22H24ClN5O3S. The zero-order chi connectivity index (χ0) is 22.4. The van der Waals surface area contributed by atoms with Crippen LogP contribution in [0.1, 0.15) is 43.7 Å². The molecule has 1 saturated carbocycles. The Kier molecular flexibility index (Phi) is 5.66. The summed E-state index contributed by atoms with van der Waals surface area (Å²) in [6.07, 6.45) is 1.01. The highest BCUT2D eigenvalue weighted by atomic mass is 35.5. The van der Waals surface area contributed by atoms with Crippen LogP contribution in [0.4, 0.5) is 0 Å². The number of fused-ring (bicyclic) bond motifs is 2. The lowest BCUT2D eigenvalue weighted by atomic mass is 10.1. The van der Waals surface area contributed by atoms with Crippen LogP contribution in [0.3, 0.4) is 0 Å². The first kappa shape index (κ1) is 21.4. The molecule has 32 heavy (non-hydrogen) atoms. The molecule has 3 heterocycles. The fraction of sp³-hybridized carbons (Fsp3) is 0.409. The number of aromatic amines is 1. The van der Waals surface area contributed by atoms with Crippen LogP contribution < -0.4 is 10.6 Å². The molecule has 5 rings (SSSR count). The van der Waals surface area contributed by atoms with Gasteiger partial charge in [-0.25, -0.2) is 4.98 Å². The van der Waals surface area contributed by atoms with Crippen LogP contribution in [-0.4, -0.2) is 63.6 Å². The standard InChI is InChI=1S/C22H24ClN5O3S/c1-28-5-4-15-19(10-28)32-22(27-15)21(31)26-17-9-13(29)8-16(17)25-20(30)18-7-11-6-12(23)2-3-14(11)24-18/h2-3,6-7,13,16-17,24,29H,4-5,8-10H2,1H3,(H,25,30)(H,26,31)/t13?,16?,17-/m1/s1. The number of hydrogen-bond donors (Lipinski definition) is 4. The van der Waals surface area contributed by atoms with Gasteiger partial charge in [-0.3, -0.25) is 9.59 Å². The maximum atomic E-state index is 12.9. The van der Waals surface area contributed by atoms with Gasteiger partial charge >= 0.3 is 0 Å². The minimum atomic E-state index is -0.592. The molecule has 0 saturated heterocycles. The summed E-state index contributed by atoms with van der Waals surface area (Å²) in [7, 11) is 2.05. The Morgan fingerprint density at radius 2 is 1.97 bits per heavy atom. The van der Waals surface area contributed by atoms with Crippen LogP contribution in [0.25, 0.3) is 10.9 Å². The third-order valence-electron chi connectivity index (χ3n) is 6.11. The molecule has 0 radical (unpaired) electrons. The molecule has 2 aliphatic rings. The molecule has 1 aliphatic heterocycles. The minimum absolute atomic E-state index is 0.259. The van der Waals surface area contributed by atoms with E-state index in [0.717, 1.165) is 41.0 Å². The number of amides is 2. The maximum absolute atomic E-state index is 12.9. The topological polar surface area (TPSA) is 110 Å². The second kappa shape index (κ2) is 8.47. The summed E-state index contributed by atoms with van der Waals surface area (Å²) < 4.78 is 0. The van der Waals surface area contributed by atoms with Gasteiger partial charge < -0.3 is 25.6 Å². The Balaban J connectivity index is 1.27. The number of likely N-dealkylation sites (N-methyl/N-ethyl adjacent to an activating group) is 1. The van der Waals surface area contributed by atoms with Crippen molar-refractivity contribution in [3.8, 4) is 0 Å². The van der Waals surface area contributed by atoms with Crippen LogP contribution >= 0.6 is 22.9 Å². The van der Waals surface area contributed by atoms with Crippen molar-refractivity contribution in [3.05, 3.63) is 50.6 Å². The largest absolute Gasteiger partial charge is 0.393 e. The number of H-pyrrole nitrogens is 1. The second-order valence-electron chi connectivity index (χ2n) is 8.58. The number of aliphatic hydroxyl groups is 1. The lowest BCUT2D eigenvalue weighted by molar-refractivity contribution is 0.0889. The summed E-state index contributed by atoms with van der Waals surface area (Å²) in [6, 6.07) is 6.36. The highest BCUT2D eigenvalue weighted by Crippen LogP contribution is 2.26. The van der Waals surface area contributed by atoms with Crippen molar-refractivity contribution in [2.24, 2.45) is 0 Å². The smallest absolute Gasteiger partial charge is 0.280 e. The summed E-state index contributed by atoms with van der Waals surface area (Å²) >= 11 is 7.45. The zero-order valence-electron chi connectivity index (χ0n) is 17.5. The molecule has 1 aromatic carbocycles. The van der Waals surface area contributed by atoms with Crippen LogP contribution in [0, 0.1) is 0 Å². The second-order valence-corrected chi connectivity index (χ2v) is 10.1. The molecule has 2 unspecified atom stereocenters. The summed E-state index contributed by atoms with van der Waals surface area (Å²) in [5.41, 5.74) is 2.22. The predicted molar refractivity (Wildman–Crippen MR) is 123 cm³/mol. The molecule has 2 amide bonds. The van der Waals surface area contributed by atoms with Crippen LogP contribution in [0.5, 0.6) is 0 Å². The zero-order valence-corrected chi connectivity index (χ0v) is 19.1. The van der Waals surface area contributed by atoms with E-state index in [9.17, 15) is 14.7 Å². The number of nitrogens with zero attached hydrogens (tertiary/aromatic N) is 2. The molecule has 2 aromatic heterocycles. The first-order chi connectivity index (χ1) is 15.4. The summed E-state index contributed by atoms with van der Waals surface area (Å²) in [5, 5.41) is 18.0. The van der Waals surface area contributed by atoms with Crippen LogP contribution in [-0.2, 0) is 13.0 Å². The van der Waals surface area contributed by atoms with Gasteiger partial charge in [0.25, 0.3) is 11.8 Å². The molecule has 1 aliphatic carbocycles. The van der Waals surface area contributed by atoms with E-state index in [1.54, 1.807) is 18.2 Å². The third-order valence-corrected chi connectivity index (χ3v) is 7.43. The van der Waals surface area contributed by atoms with Crippen molar-refractivity contribution in [2.45, 2.75) is 44.0 Å². The summed E-state index contributed by atoms with van der Waals surface area (Å²) in [5.74, 6) is -0.547. The van der Waals surface area contributed by atoms with Gasteiger partial charge in [-0.15, -0.1) is 11.3 Å². The molecule has 168 valence electrons. The predicted octanol–water partition coefficient (Wildman–Crippen LogP) is 2.32. The number of hydrogen-bond acceptors (Lipinski definition) is 6. The Morgan fingerprint density at radius 3 is 2.75 bits per heavy atom. The average Bonchev–Trinajstić information content (AvgIpc) is 3.44. The molecule has 1 fully saturated rings. The van der Waals surface area contributed by atoms with E-state index >= 15 is 0 Å². The highest BCUT2D eigenvalue weighted by molar-refractivity contribution is 7.13. The number of thiazole rings is 1. The van der Waals surface area contributed by atoms with Crippen molar-refractivity contribution in [3.63, 3.8) is 0 Å². The average molecular weight is 474 g/mol. The number of halogens is 1. The maximum Gasteiger partial charge on any atom is 0.280 e. The minimum Gasteiger partial charge on any atom is -0.393 e. The van der Waals surface area contributed by atoms with Crippen molar-refractivity contribution < 1.29 is 14.7 Å². The first-order valence-electron chi connectivity index (χ1n) is 10.6. The van der Waals surface area contributed by atoms with Gasteiger partial charge in [0.2, 0.25) is 0 Å². The van der Waals surface area contributed by atoms with E-state index in [0.29, 0.717) is 28.6 Å². The number of rotatable bonds is 4. The van der Waals surface area contributed by atoms with E-state index in [1.807, 2.05) is 6.07 Å². The Labute approximate surface area is 194 Å². The fourth-order valence-corrected chi connectivity index (χ4v) is 5.72. The molecule has 3 aromatic rings. The van der Waals surface area contributed by atoms with E-state index in [2.05, 4.69) is 32.5 Å². The molecule has 3 atom stereocenters. The van der Waals surface area contributed by atoms with Gasteiger partial charge in [0, 0.05) is 40.3 Å². The monoisotopic (exact) mass is 473 g/mol. The number of benzene rings is 1. The van der Waals surface area contributed by atoms with Gasteiger partial charge in [-0.05, 0) is 44.2 Å². The van der Waals surface area contributed by atoms with E-state index in [4.69, 9.17) is 11.6 Å². The van der Waals surface area contributed by atoms with Crippen molar-refractivity contribution >= 4 is 45.7 Å². The van der Waals surface area contributed by atoms with E-state index < -0.39 is 6.10 Å². The fourth-order valence-electron chi connectivity index (χ4n) is 4.45. The van der Waals surface area contributed by atoms with Crippen molar-refractivity contribution in [1.82, 2.24) is 25.5 Å². The number of nitrogens with one attached hydrogen (secondary N) is 3. The lowest BCUT2D eigenvalue weighted by Crippen LogP contribution is -2.48. The van der Waals surface area contributed by atoms with Gasteiger partial charge in [0.1, 0.15) is 5.69 Å². The van der Waals surface area contributed by atoms with Gasteiger partial charge in [-0.2, -0.15) is 0 Å². The van der Waals surface area contributed by atoms with Gasteiger partial charge in [0.15, 0.2) is 5.01 Å². The highest BCUT2D eigenvalue weighted by Gasteiger charge is 2.36. The van der Waals surface area contributed by atoms with Crippen LogP contribution in [0.15, 0.2) is 24.3 Å². The van der Waals surface area contributed by atoms with Crippen molar-refractivity contribution in [2.75, 3.05) is 13.6 Å². The molecule has 0 bridgehead atoms. The molecule has 8 nitrogen and oxygen atoms in total. The third kappa shape index (κ3) is 4.25. The van der Waals surface area contributed by atoms with Gasteiger partial charge in [-0.1, -0.05) is 11.6 Å². The van der Waals surface area contributed by atoms with Crippen molar-refractivity contribution in [1.29, 1.82) is 0 Å². The lowest BCUT2D eigenvalue weighted by Gasteiger charge is -2.21. The summed E-state index contributed by atoms with van der Waals surface area (Å²) in [6.45, 7) is 1.73. The normalized spacial score (nSPS) is 23.3. The molecule has 4 N–H and O–H groups in total. The first-order valence-corrected chi connectivity index (χ1v) is 11.8. The number of carbonyl (C=O) groups excluding carboxylic acids is 2. The number of carbonyl (C=O) groups is 2. The Hall–Kier alpha value is -2.46. The molecular weight excluding hydrogens is 450 g/mol. The number of aliphatic hydroxyl groups excluding tert-OH is 1. The summed E-state index contributed by atoms with van der Waals surface area (Å²) in [4.78, 5) is 36.7. The van der Waals surface area contributed by atoms with Crippen LogP contribution in [0.2, 0.25) is 5.02 Å². The van der Waals surface area contributed by atoms with E-state index in [-0.39, 0.29) is 23.9 Å². The molecule has 10 heteroatoms. The molecule has 0 spiro atoms.